The molecule has 0 aromatic heterocycles. The van der Waals surface area contributed by atoms with Gasteiger partial charge in [0.05, 0.1) is 0 Å². The molecule has 0 aliphatic carbocycles. The van der Waals surface area contributed by atoms with Gasteiger partial charge < -0.3 is 15.2 Å². The van der Waals surface area contributed by atoms with Crippen molar-refractivity contribution >= 4 is 5.91 Å². The highest BCUT2D eigenvalue weighted by molar-refractivity contribution is 5.78. The van der Waals surface area contributed by atoms with E-state index in [2.05, 4.69) is 10.1 Å². The molecule has 54 valence electrons. The largest absolute Gasteiger partial charge is 0.361 e. The van der Waals surface area contributed by atoms with Crippen LogP contribution in [0.5, 0.6) is 0 Å². The van der Waals surface area contributed by atoms with Crippen LogP contribution in [0.2, 0.25) is 0 Å². The van der Waals surface area contributed by atoms with Crippen LogP contribution < -0.4 is 5.32 Å². The molecule has 0 heterocycles. The molecule has 0 aromatic rings. The van der Waals surface area contributed by atoms with Crippen molar-refractivity contribution in [3.8, 4) is 0 Å². The van der Waals surface area contributed by atoms with Crippen LogP contribution in [-0.4, -0.2) is 31.0 Å². The lowest BCUT2D eigenvalue weighted by Gasteiger charge is -2.06. The number of ether oxygens (including phenoxy) is 1. The normalized spacial score (nSPS) is 12.8. The zero-order chi connectivity index (χ0) is 7.28. The van der Waals surface area contributed by atoms with E-state index in [1.165, 1.54) is 7.05 Å². The van der Waals surface area contributed by atoms with Gasteiger partial charge in [-0.15, -0.1) is 0 Å². The number of rotatable bonds is 3. The summed E-state index contributed by atoms with van der Waals surface area (Å²) in [6.07, 6.45) is -1.32. The Morgan fingerprint density at radius 2 is 2.44 bits per heavy atom. The standard InChI is InChI=1S/C5H11NO3/c1-3-9-5(8)4(7)6-2/h5,8H,3H2,1-2H3,(H,6,7). The predicted molar refractivity (Wildman–Crippen MR) is 31.7 cm³/mol. The Balaban J connectivity index is 3.45. The lowest BCUT2D eigenvalue weighted by Crippen LogP contribution is -2.33. The smallest absolute Gasteiger partial charge is 0.276 e. The second-order valence-electron chi connectivity index (χ2n) is 1.42. The zero-order valence-electron chi connectivity index (χ0n) is 5.55. The van der Waals surface area contributed by atoms with Gasteiger partial charge in [0.15, 0.2) is 0 Å². The number of nitrogens with one attached hydrogen (secondary N) is 1. The molecule has 0 spiro atoms. The van der Waals surface area contributed by atoms with Crippen molar-refractivity contribution in [1.82, 2.24) is 5.32 Å². The Kier molecular flexibility index (Phi) is 4.00. The van der Waals surface area contributed by atoms with Crippen molar-refractivity contribution in [1.29, 1.82) is 0 Å². The van der Waals surface area contributed by atoms with Gasteiger partial charge >= 0.3 is 0 Å². The third-order valence-electron chi connectivity index (χ3n) is 0.795. The third-order valence-corrected chi connectivity index (χ3v) is 0.795. The van der Waals surface area contributed by atoms with Crippen LogP contribution in [0.3, 0.4) is 0 Å². The topological polar surface area (TPSA) is 58.6 Å². The quantitative estimate of drug-likeness (QED) is 0.490. The molecule has 0 radical (unpaired) electrons. The fraction of sp³-hybridized carbons (Fsp3) is 0.800. The number of aliphatic hydroxyl groups is 1. The van der Waals surface area contributed by atoms with E-state index in [-0.39, 0.29) is 0 Å². The van der Waals surface area contributed by atoms with Gasteiger partial charge in [-0.1, -0.05) is 0 Å². The first-order chi connectivity index (χ1) is 4.22. The van der Waals surface area contributed by atoms with Crippen molar-refractivity contribution in [3.05, 3.63) is 0 Å². The number of amides is 1. The molecule has 0 fully saturated rings. The summed E-state index contributed by atoms with van der Waals surface area (Å²) < 4.78 is 4.54. The second kappa shape index (κ2) is 4.29. The zero-order valence-corrected chi connectivity index (χ0v) is 5.55. The molecule has 4 nitrogen and oxygen atoms in total. The predicted octanol–water partition coefficient (Wildman–Crippen LogP) is -0.913. The summed E-state index contributed by atoms with van der Waals surface area (Å²) in [5.74, 6) is -0.517. The maximum Gasteiger partial charge on any atom is 0.276 e. The molecule has 9 heavy (non-hydrogen) atoms. The lowest BCUT2D eigenvalue weighted by atomic mass is 10.6. The Bertz CT molecular complexity index is 94.2. The van der Waals surface area contributed by atoms with Crippen molar-refractivity contribution < 1.29 is 14.6 Å². The van der Waals surface area contributed by atoms with E-state index >= 15 is 0 Å². The van der Waals surface area contributed by atoms with Crippen LogP contribution in [0.4, 0.5) is 0 Å². The maximum absolute atomic E-state index is 10.4. The Morgan fingerprint density at radius 1 is 1.89 bits per heavy atom. The van der Waals surface area contributed by atoms with Crippen molar-refractivity contribution in [2.24, 2.45) is 0 Å². The molecule has 0 aliphatic heterocycles. The van der Waals surface area contributed by atoms with Crippen LogP contribution in [0, 0.1) is 0 Å². The molecule has 1 amide bonds. The van der Waals surface area contributed by atoms with Crippen molar-refractivity contribution in [3.63, 3.8) is 0 Å². The third kappa shape index (κ3) is 3.05. The lowest BCUT2D eigenvalue weighted by molar-refractivity contribution is -0.156. The van der Waals surface area contributed by atoms with E-state index in [9.17, 15) is 4.79 Å². The number of carbonyl (C=O) groups excluding carboxylic acids is 1. The molecule has 0 saturated heterocycles. The fourth-order valence-electron chi connectivity index (χ4n) is 0.357. The van der Waals surface area contributed by atoms with Gasteiger partial charge in [-0.25, -0.2) is 0 Å². The van der Waals surface area contributed by atoms with E-state index in [4.69, 9.17) is 5.11 Å². The van der Waals surface area contributed by atoms with E-state index in [1.807, 2.05) is 0 Å². The summed E-state index contributed by atoms with van der Waals surface area (Å²) in [6, 6.07) is 0. The van der Waals surface area contributed by atoms with Gasteiger partial charge in [0.2, 0.25) is 6.29 Å². The number of hydrogen-bond acceptors (Lipinski definition) is 3. The minimum atomic E-state index is -1.32. The number of aliphatic hydroxyl groups excluding tert-OH is 1. The van der Waals surface area contributed by atoms with Crippen LogP contribution in [0.25, 0.3) is 0 Å². The molecular weight excluding hydrogens is 122 g/mol. The summed E-state index contributed by atoms with van der Waals surface area (Å²) in [4.78, 5) is 10.4. The molecule has 0 rings (SSSR count). The number of hydrogen-bond donors (Lipinski definition) is 2. The summed E-state index contributed by atoms with van der Waals surface area (Å²) in [5.41, 5.74) is 0. The summed E-state index contributed by atoms with van der Waals surface area (Å²) in [6.45, 7) is 2.03. The Labute approximate surface area is 53.8 Å². The SMILES string of the molecule is CCOC(O)C(=O)NC. The van der Waals surface area contributed by atoms with Gasteiger partial charge in [-0.2, -0.15) is 0 Å². The molecule has 2 N–H and O–H groups in total. The average Bonchev–Trinajstić information content (AvgIpc) is 1.87. The molecule has 0 bridgehead atoms. The van der Waals surface area contributed by atoms with Crippen LogP contribution in [-0.2, 0) is 9.53 Å². The summed E-state index contributed by atoms with van der Waals surface area (Å²) in [7, 11) is 1.44. The monoisotopic (exact) mass is 133 g/mol. The molecule has 0 aromatic carbocycles. The summed E-state index contributed by atoms with van der Waals surface area (Å²) >= 11 is 0. The Hall–Kier alpha value is -0.610. The first kappa shape index (κ1) is 8.39. The molecular formula is C5H11NO3. The highest BCUT2D eigenvalue weighted by Gasteiger charge is 2.10. The molecule has 1 unspecified atom stereocenters. The van der Waals surface area contributed by atoms with E-state index < -0.39 is 12.2 Å². The summed E-state index contributed by atoms with van der Waals surface area (Å²) in [5, 5.41) is 10.9. The van der Waals surface area contributed by atoms with Gasteiger partial charge in [0, 0.05) is 13.7 Å². The highest BCUT2D eigenvalue weighted by Crippen LogP contribution is 1.83. The second-order valence-corrected chi connectivity index (χ2v) is 1.42. The van der Waals surface area contributed by atoms with Gasteiger partial charge in [-0.05, 0) is 6.92 Å². The maximum atomic E-state index is 10.4. The number of carbonyl (C=O) groups is 1. The average molecular weight is 133 g/mol. The van der Waals surface area contributed by atoms with Crippen LogP contribution >= 0.6 is 0 Å². The van der Waals surface area contributed by atoms with E-state index in [1.54, 1.807) is 6.92 Å². The first-order valence-corrected chi connectivity index (χ1v) is 2.73. The van der Waals surface area contributed by atoms with E-state index in [0.29, 0.717) is 6.61 Å². The molecule has 4 heteroatoms. The molecule has 0 aliphatic rings. The van der Waals surface area contributed by atoms with Crippen LogP contribution in [0.15, 0.2) is 0 Å². The minimum absolute atomic E-state index is 0.328. The minimum Gasteiger partial charge on any atom is -0.361 e. The Morgan fingerprint density at radius 3 is 2.78 bits per heavy atom. The number of likely N-dealkylation sites (N-methyl/N-ethyl adjacent to an activating group) is 1. The van der Waals surface area contributed by atoms with Gasteiger partial charge in [0.25, 0.3) is 5.91 Å². The van der Waals surface area contributed by atoms with Gasteiger partial charge in [-0.3, -0.25) is 4.79 Å². The van der Waals surface area contributed by atoms with Crippen molar-refractivity contribution in [2.45, 2.75) is 13.2 Å². The molecule has 0 saturated carbocycles. The van der Waals surface area contributed by atoms with Gasteiger partial charge in [0.1, 0.15) is 0 Å². The molecule has 1 atom stereocenters. The first-order valence-electron chi connectivity index (χ1n) is 2.73. The van der Waals surface area contributed by atoms with Crippen molar-refractivity contribution in [2.75, 3.05) is 13.7 Å². The highest BCUT2D eigenvalue weighted by atomic mass is 16.6. The van der Waals surface area contributed by atoms with E-state index in [0.717, 1.165) is 0 Å². The fourth-order valence-corrected chi connectivity index (χ4v) is 0.357. The van der Waals surface area contributed by atoms with Crippen LogP contribution in [0.1, 0.15) is 6.92 Å².